The molecular formula is C17H22N4O4. The quantitative estimate of drug-likeness (QED) is 0.549. The molecule has 0 bridgehead atoms. The molecule has 25 heavy (non-hydrogen) atoms. The minimum Gasteiger partial charge on any atom is -0.394 e. The number of hydrogen-bond acceptors (Lipinski definition) is 5. The minimum atomic E-state index is -0.703. The van der Waals surface area contributed by atoms with Gasteiger partial charge in [0, 0.05) is 29.6 Å². The summed E-state index contributed by atoms with van der Waals surface area (Å²) >= 11 is 0. The van der Waals surface area contributed by atoms with Crippen molar-refractivity contribution in [2.75, 3.05) is 31.7 Å². The molecule has 5 N–H and O–H groups in total. The summed E-state index contributed by atoms with van der Waals surface area (Å²) in [6.07, 6.45) is 1.54. The number of aromatic nitrogens is 1. The van der Waals surface area contributed by atoms with Crippen molar-refractivity contribution in [2.45, 2.75) is 18.5 Å². The number of anilines is 1. The smallest absolute Gasteiger partial charge is 0.319 e. The van der Waals surface area contributed by atoms with E-state index < -0.39 is 11.6 Å². The van der Waals surface area contributed by atoms with E-state index in [2.05, 4.69) is 20.9 Å². The van der Waals surface area contributed by atoms with Gasteiger partial charge in [0.2, 0.25) is 0 Å². The molecule has 2 atom stereocenters. The Balaban J connectivity index is 1.69. The van der Waals surface area contributed by atoms with Gasteiger partial charge in [-0.25, -0.2) is 4.79 Å². The van der Waals surface area contributed by atoms with Crippen LogP contribution in [0.25, 0.3) is 10.8 Å². The molecule has 2 heterocycles. The molecule has 8 nitrogen and oxygen atoms in total. The molecule has 0 unspecified atom stereocenters. The van der Waals surface area contributed by atoms with Crippen LogP contribution in [0.1, 0.15) is 6.92 Å². The number of aliphatic hydroxyl groups excluding tert-OH is 1. The van der Waals surface area contributed by atoms with E-state index in [0.29, 0.717) is 29.7 Å². The number of aromatic amines is 1. The summed E-state index contributed by atoms with van der Waals surface area (Å²) in [5.41, 5.74) is -0.371. The number of urea groups is 1. The van der Waals surface area contributed by atoms with Gasteiger partial charge in [0.05, 0.1) is 31.0 Å². The molecule has 134 valence electrons. The first-order valence-electron chi connectivity index (χ1n) is 8.15. The van der Waals surface area contributed by atoms with Gasteiger partial charge in [0.25, 0.3) is 5.56 Å². The van der Waals surface area contributed by atoms with E-state index in [4.69, 9.17) is 4.74 Å². The fraction of sp³-hybridized carbons (Fsp3) is 0.412. The van der Waals surface area contributed by atoms with Crippen LogP contribution in [0, 0.1) is 0 Å². The number of pyridine rings is 1. The molecular weight excluding hydrogens is 324 g/mol. The van der Waals surface area contributed by atoms with E-state index in [9.17, 15) is 14.7 Å². The molecule has 1 aromatic carbocycles. The number of aliphatic hydroxyl groups is 1. The van der Waals surface area contributed by atoms with Crippen molar-refractivity contribution < 1.29 is 14.6 Å². The summed E-state index contributed by atoms with van der Waals surface area (Å²) in [4.78, 5) is 26.7. The van der Waals surface area contributed by atoms with Crippen molar-refractivity contribution in [2.24, 2.45) is 0 Å². The predicted molar refractivity (Wildman–Crippen MR) is 94.8 cm³/mol. The minimum absolute atomic E-state index is 0.0931. The fourth-order valence-corrected chi connectivity index (χ4v) is 3.03. The number of carbonyl (C=O) groups excluding carboxylic acids is 1. The van der Waals surface area contributed by atoms with Crippen LogP contribution in [0.15, 0.2) is 35.3 Å². The van der Waals surface area contributed by atoms with Crippen molar-refractivity contribution in [1.82, 2.24) is 15.6 Å². The van der Waals surface area contributed by atoms with Crippen LogP contribution in [-0.4, -0.2) is 54.1 Å². The maximum Gasteiger partial charge on any atom is 0.319 e. The third-order valence-corrected chi connectivity index (χ3v) is 4.25. The van der Waals surface area contributed by atoms with Gasteiger partial charge in [-0.3, -0.25) is 4.79 Å². The van der Waals surface area contributed by atoms with Crippen LogP contribution < -0.4 is 21.5 Å². The van der Waals surface area contributed by atoms with Crippen LogP contribution in [0.2, 0.25) is 0 Å². The van der Waals surface area contributed by atoms with Gasteiger partial charge in [0.1, 0.15) is 0 Å². The summed E-state index contributed by atoms with van der Waals surface area (Å²) in [5, 5.41) is 19.6. The number of amides is 2. The van der Waals surface area contributed by atoms with Crippen molar-refractivity contribution in [3.8, 4) is 0 Å². The lowest BCUT2D eigenvalue weighted by Crippen LogP contribution is -2.65. The highest BCUT2D eigenvalue weighted by molar-refractivity contribution is 6.01. The van der Waals surface area contributed by atoms with Crippen molar-refractivity contribution in [3.05, 3.63) is 40.8 Å². The normalized spacial score (nSPS) is 23.4. The second kappa shape index (κ2) is 7.22. The molecule has 2 amide bonds. The molecule has 1 fully saturated rings. The van der Waals surface area contributed by atoms with Crippen molar-refractivity contribution in [3.63, 3.8) is 0 Å². The van der Waals surface area contributed by atoms with Crippen LogP contribution in [-0.2, 0) is 4.74 Å². The van der Waals surface area contributed by atoms with Gasteiger partial charge in [-0.1, -0.05) is 6.07 Å². The molecule has 8 heteroatoms. The standard InChI is InChI=1S/C17H22N4O4/c1-11-7-25-10-17(9-22,21-11)8-19-16(24)20-14-4-2-3-13-12(14)5-6-18-15(13)23/h2-6,11,21-22H,7-10H2,1H3,(H,18,23)(H2,19,20,24)/t11-,17+/m1/s1. The number of fused-ring (bicyclic) bond motifs is 1. The maximum atomic E-state index is 12.3. The summed E-state index contributed by atoms with van der Waals surface area (Å²) in [6, 6.07) is 6.55. The molecule has 1 aliphatic heterocycles. The first-order valence-corrected chi connectivity index (χ1v) is 8.15. The van der Waals surface area contributed by atoms with Crippen LogP contribution in [0.3, 0.4) is 0 Å². The largest absolute Gasteiger partial charge is 0.394 e. The molecule has 3 rings (SSSR count). The average Bonchev–Trinajstić information content (AvgIpc) is 2.61. The summed E-state index contributed by atoms with van der Waals surface area (Å²) < 4.78 is 5.48. The molecule has 0 radical (unpaired) electrons. The monoisotopic (exact) mass is 346 g/mol. The first-order chi connectivity index (χ1) is 12.0. The Hall–Kier alpha value is -2.42. The highest BCUT2D eigenvalue weighted by Gasteiger charge is 2.35. The number of rotatable bonds is 4. The second-order valence-electron chi connectivity index (χ2n) is 6.38. The fourth-order valence-electron chi connectivity index (χ4n) is 3.03. The highest BCUT2D eigenvalue weighted by atomic mass is 16.5. The number of ether oxygens (including phenoxy) is 1. The highest BCUT2D eigenvalue weighted by Crippen LogP contribution is 2.20. The van der Waals surface area contributed by atoms with E-state index in [1.54, 1.807) is 30.5 Å². The first kappa shape index (κ1) is 17.4. The van der Waals surface area contributed by atoms with E-state index >= 15 is 0 Å². The van der Waals surface area contributed by atoms with Gasteiger partial charge >= 0.3 is 6.03 Å². The van der Waals surface area contributed by atoms with Crippen molar-refractivity contribution >= 4 is 22.5 Å². The Bertz CT molecular complexity index is 822. The Kier molecular flexibility index (Phi) is 5.03. The van der Waals surface area contributed by atoms with E-state index in [1.807, 2.05) is 6.92 Å². The summed E-state index contributed by atoms with van der Waals surface area (Å²) in [5.74, 6) is 0. The maximum absolute atomic E-state index is 12.3. The second-order valence-corrected chi connectivity index (χ2v) is 6.38. The topological polar surface area (TPSA) is 115 Å². The Morgan fingerprint density at radius 3 is 3.00 bits per heavy atom. The third-order valence-electron chi connectivity index (χ3n) is 4.25. The van der Waals surface area contributed by atoms with E-state index in [-0.39, 0.29) is 24.8 Å². The predicted octanol–water partition coefficient (Wildman–Crippen LogP) is 0.389. The molecule has 0 saturated carbocycles. The lowest BCUT2D eigenvalue weighted by atomic mass is 9.99. The third kappa shape index (κ3) is 3.81. The van der Waals surface area contributed by atoms with Crippen LogP contribution in [0.4, 0.5) is 10.5 Å². The zero-order valence-corrected chi connectivity index (χ0v) is 14.0. The number of H-pyrrole nitrogens is 1. The Labute approximate surface area is 144 Å². The average molecular weight is 346 g/mol. The van der Waals surface area contributed by atoms with Crippen molar-refractivity contribution in [1.29, 1.82) is 0 Å². The number of hydrogen-bond donors (Lipinski definition) is 5. The summed E-state index contributed by atoms with van der Waals surface area (Å²) in [6.45, 7) is 2.90. The lowest BCUT2D eigenvalue weighted by Gasteiger charge is -2.39. The van der Waals surface area contributed by atoms with Crippen LogP contribution in [0.5, 0.6) is 0 Å². The van der Waals surface area contributed by atoms with E-state index in [1.165, 1.54) is 0 Å². The number of benzene rings is 1. The zero-order valence-electron chi connectivity index (χ0n) is 14.0. The van der Waals surface area contributed by atoms with Gasteiger partial charge in [-0.15, -0.1) is 0 Å². The van der Waals surface area contributed by atoms with Gasteiger partial charge in [0.15, 0.2) is 0 Å². The summed E-state index contributed by atoms with van der Waals surface area (Å²) in [7, 11) is 0. The Morgan fingerprint density at radius 1 is 1.40 bits per heavy atom. The van der Waals surface area contributed by atoms with Gasteiger partial charge in [-0.2, -0.15) is 0 Å². The molecule has 1 saturated heterocycles. The Morgan fingerprint density at radius 2 is 2.24 bits per heavy atom. The molecule has 0 aliphatic carbocycles. The van der Waals surface area contributed by atoms with Gasteiger partial charge in [-0.05, 0) is 25.1 Å². The molecule has 2 aromatic rings. The molecule has 0 spiro atoms. The number of nitrogens with one attached hydrogen (secondary N) is 4. The number of morpholine rings is 1. The van der Waals surface area contributed by atoms with Crippen LogP contribution >= 0.6 is 0 Å². The molecule has 1 aliphatic rings. The zero-order chi connectivity index (χ0) is 17.9. The number of carbonyl (C=O) groups is 1. The lowest BCUT2D eigenvalue weighted by molar-refractivity contribution is -0.0198. The SMILES string of the molecule is C[C@@H]1COC[C@@](CO)(CNC(=O)Nc2cccc3c(=O)[nH]ccc23)N1. The van der Waals surface area contributed by atoms with Gasteiger partial charge < -0.3 is 30.8 Å². The molecule has 1 aromatic heterocycles. The van der Waals surface area contributed by atoms with E-state index in [0.717, 1.165) is 0 Å².